The zero-order chi connectivity index (χ0) is 40.0. The lowest BCUT2D eigenvalue weighted by molar-refractivity contribution is 0.660. The smallest absolute Gasteiger partial charge is 0.135 e. The Bertz CT molecular complexity index is 3460. The number of para-hydroxylation sites is 2. The third kappa shape index (κ3) is 5.33. The Morgan fingerprint density at radius 2 is 1.07 bits per heavy atom. The van der Waals surface area contributed by atoms with E-state index in [2.05, 4.69) is 213 Å². The van der Waals surface area contributed by atoms with Crippen LogP contribution in [0, 0.1) is 0 Å². The topological polar surface area (TPSA) is 16.4 Å². The van der Waals surface area contributed by atoms with Gasteiger partial charge in [0.1, 0.15) is 11.2 Å². The van der Waals surface area contributed by atoms with E-state index in [1.807, 2.05) is 17.4 Å². The Morgan fingerprint density at radius 1 is 0.417 bits per heavy atom. The second-order valence-electron chi connectivity index (χ2n) is 16.4. The number of thiophene rings is 1. The Hall–Kier alpha value is -7.20. The first-order valence-corrected chi connectivity index (χ1v) is 21.5. The van der Waals surface area contributed by atoms with Gasteiger partial charge in [0, 0.05) is 53.2 Å². The van der Waals surface area contributed by atoms with Crippen molar-refractivity contribution in [3.63, 3.8) is 0 Å². The van der Waals surface area contributed by atoms with Crippen molar-refractivity contribution in [1.29, 1.82) is 0 Å². The zero-order valence-electron chi connectivity index (χ0n) is 33.3. The van der Waals surface area contributed by atoms with Crippen LogP contribution in [0.15, 0.2) is 205 Å². The monoisotopic (exact) mass is 785 g/mol. The van der Waals surface area contributed by atoms with Gasteiger partial charge >= 0.3 is 0 Å². The molecule has 0 N–H and O–H groups in total. The normalized spacial score (nSPS) is 13.0. The Balaban J connectivity index is 1.15. The number of fused-ring (bicyclic) bond motifs is 9. The van der Waals surface area contributed by atoms with E-state index >= 15 is 0 Å². The van der Waals surface area contributed by atoms with Crippen LogP contribution in [0.1, 0.15) is 25.0 Å². The average molecular weight is 786 g/mol. The first kappa shape index (κ1) is 34.8. The van der Waals surface area contributed by atoms with Crippen LogP contribution in [0.25, 0.3) is 86.6 Å². The number of benzene rings is 9. The van der Waals surface area contributed by atoms with E-state index in [-0.39, 0.29) is 5.41 Å². The highest BCUT2D eigenvalue weighted by Gasteiger charge is 2.36. The predicted octanol–water partition coefficient (Wildman–Crippen LogP) is 16.7. The van der Waals surface area contributed by atoms with Crippen LogP contribution in [0.5, 0.6) is 0 Å². The maximum atomic E-state index is 6.31. The number of furan rings is 1. The van der Waals surface area contributed by atoms with Crippen molar-refractivity contribution in [2.75, 3.05) is 4.90 Å². The van der Waals surface area contributed by atoms with Crippen molar-refractivity contribution in [2.45, 2.75) is 19.3 Å². The molecule has 0 spiro atoms. The van der Waals surface area contributed by atoms with Crippen molar-refractivity contribution in [3.05, 3.63) is 211 Å². The molecular formula is C57H39NOS. The molecule has 0 aliphatic heterocycles. The molecule has 0 fully saturated rings. The standard InChI is InChI=1S/C57H39NOS/c1-57(2)47-20-10-6-17-42(47)43-30-29-40(35-48(43)57)58(49-21-11-7-16-41(49)39-28-32-52-46(34-39)44-18-8-12-22-51(44)59-52)50-31-33-54-56(45-19-9-13-23-53(45)60-54)55(50)38-26-24-37(25-27-38)36-14-4-3-5-15-36/h3-35H,1-2H3. The molecule has 0 saturated carbocycles. The van der Waals surface area contributed by atoms with E-state index in [9.17, 15) is 0 Å². The Kier molecular flexibility index (Phi) is 7.79. The van der Waals surface area contributed by atoms with Gasteiger partial charge in [-0.3, -0.25) is 0 Å². The van der Waals surface area contributed by atoms with Crippen LogP contribution in [-0.2, 0) is 5.41 Å². The van der Waals surface area contributed by atoms with E-state index in [0.29, 0.717) is 0 Å². The molecule has 9 aromatic carbocycles. The lowest BCUT2D eigenvalue weighted by Crippen LogP contribution is -2.17. The Labute approximate surface area is 353 Å². The highest BCUT2D eigenvalue weighted by molar-refractivity contribution is 7.26. The lowest BCUT2D eigenvalue weighted by atomic mass is 9.82. The van der Waals surface area contributed by atoms with Crippen LogP contribution in [0.2, 0.25) is 0 Å². The Morgan fingerprint density at radius 3 is 1.93 bits per heavy atom. The van der Waals surface area contributed by atoms with Gasteiger partial charge in [0.25, 0.3) is 0 Å². The van der Waals surface area contributed by atoms with Crippen LogP contribution >= 0.6 is 11.3 Å². The van der Waals surface area contributed by atoms with Crippen LogP contribution in [0.3, 0.4) is 0 Å². The molecule has 0 radical (unpaired) electrons. The van der Waals surface area contributed by atoms with Gasteiger partial charge < -0.3 is 9.32 Å². The van der Waals surface area contributed by atoms with Gasteiger partial charge in [-0.05, 0) is 99.1 Å². The summed E-state index contributed by atoms with van der Waals surface area (Å²) >= 11 is 1.87. The van der Waals surface area contributed by atoms with Gasteiger partial charge in [-0.1, -0.05) is 159 Å². The molecule has 1 aliphatic rings. The van der Waals surface area contributed by atoms with Crippen molar-refractivity contribution in [2.24, 2.45) is 0 Å². The molecule has 0 unspecified atom stereocenters. The average Bonchev–Trinajstić information content (AvgIpc) is 3.94. The summed E-state index contributed by atoms with van der Waals surface area (Å²) in [7, 11) is 0. The minimum Gasteiger partial charge on any atom is -0.456 e. The van der Waals surface area contributed by atoms with E-state index in [0.717, 1.165) is 50.1 Å². The van der Waals surface area contributed by atoms with Crippen LogP contribution in [0.4, 0.5) is 17.1 Å². The van der Waals surface area contributed by atoms with Crippen molar-refractivity contribution in [1.82, 2.24) is 0 Å². The molecule has 60 heavy (non-hydrogen) atoms. The first-order chi connectivity index (χ1) is 29.5. The summed E-state index contributed by atoms with van der Waals surface area (Å²) in [5.74, 6) is 0. The molecule has 284 valence electrons. The minimum absolute atomic E-state index is 0.163. The zero-order valence-corrected chi connectivity index (χ0v) is 34.1. The molecule has 2 aromatic heterocycles. The van der Waals surface area contributed by atoms with Crippen molar-refractivity contribution < 1.29 is 4.42 Å². The van der Waals surface area contributed by atoms with Gasteiger partial charge in [0.15, 0.2) is 0 Å². The van der Waals surface area contributed by atoms with Gasteiger partial charge in [-0.2, -0.15) is 0 Å². The summed E-state index contributed by atoms with van der Waals surface area (Å²) in [5.41, 5.74) is 17.4. The molecule has 2 heterocycles. The number of anilines is 3. The molecule has 1 aliphatic carbocycles. The number of nitrogens with zero attached hydrogens (tertiary/aromatic N) is 1. The molecule has 0 amide bonds. The molecule has 2 nitrogen and oxygen atoms in total. The molecule has 0 atom stereocenters. The largest absolute Gasteiger partial charge is 0.456 e. The fourth-order valence-corrected chi connectivity index (χ4v) is 10.9. The molecular weight excluding hydrogens is 747 g/mol. The second kappa shape index (κ2) is 13.4. The summed E-state index contributed by atoms with van der Waals surface area (Å²) < 4.78 is 8.87. The van der Waals surface area contributed by atoms with E-state index in [1.165, 1.54) is 64.7 Å². The van der Waals surface area contributed by atoms with E-state index in [4.69, 9.17) is 4.42 Å². The molecule has 0 saturated heterocycles. The van der Waals surface area contributed by atoms with Crippen molar-refractivity contribution >= 4 is 70.5 Å². The molecule has 11 aromatic rings. The number of hydrogen-bond acceptors (Lipinski definition) is 3. The summed E-state index contributed by atoms with van der Waals surface area (Å²) in [4.78, 5) is 2.53. The van der Waals surface area contributed by atoms with Crippen molar-refractivity contribution in [3.8, 4) is 44.5 Å². The fourth-order valence-electron chi connectivity index (χ4n) is 9.79. The summed E-state index contributed by atoms with van der Waals surface area (Å²) in [6.07, 6.45) is 0. The summed E-state index contributed by atoms with van der Waals surface area (Å²) in [5, 5.41) is 4.80. The number of hydrogen-bond donors (Lipinski definition) is 0. The lowest BCUT2D eigenvalue weighted by Gasteiger charge is -2.31. The van der Waals surface area contributed by atoms with Gasteiger partial charge in [0.2, 0.25) is 0 Å². The second-order valence-corrected chi connectivity index (χ2v) is 17.5. The van der Waals surface area contributed by atoms with Gasteiger partial charge in [-0.25, -0.2) is 0 Å². The molecule has 3 heteroatoms. The SMILES string of the molecule is CC1(C)c2ccccc2-c2ccc(N(c3ccccc3-c3ccc4oc5ccccc5c4c3)c3ccc4sc5ccccc5c4c3-c3ccc(-c4ccccc4)cc3)cc21. The van der Waals surface area contributed by atoms with Gasteiger partial charge in [-0.15, -0.1) is 11.3 Å². The summed E-state index contributed by atoms with van der Waals surface area (Å²) in [6.45, 7) is 4.74. The molecule has 0 bridgehead atoms. The quantitative estimate of drug-likeness (QED) is 0.167. The van der Waals surface area contributed by atoms with Gasteiger partial charge in [0.05, 0.1) is 11.4 Å². The maximum Gasteiger partial charge on any atom is 0.135 e. The summed E-state index contributed by atoms with van der Waals surface area (Å²) in [6, 6.07) is 73.3. The minimum atomic E-state index is -0.163. The fraction of sp³-hybridized carbons (Fsp3) is 0.0526. The van der Waals surface area contributed by atoms with Crippen LogP contribution in [-0.4, -0.2) is 0 Å². The third-order valence-corrected chi connectivity index (χ3v) is 13.8. The highest BCUT2D eigenvalue weighted by Crippen LogP contribution is 2.54. The highest BCUT2D eigenvalue weighted by atomic mass is 32.1. The van der Waals surface area contributed by atoms with Crippen LogP contribution < -0.4 is 4.90 Å². The maximum absolute atomic E-state index is 6.31. The van der Waals surface area contributed by atoms with E-state index in [1.54, 1.807) is 0 Å². The van der Waals surface area contributed by atoms with E-state index < -0.39 is 0 Å². The molecule has 12 rings (SSSR count). The number of rotatable bonds is 6. The third-order valence-electron chi connectivity index (χ3n) is 12.7. The first-order valence-electron chi connectivity index (χ1n) is 20.7. The predicted molar refractivity (Wildman–Crippen MR) is 255 cm³/mol.